The Balaban J connectivity index is 1.87. The molecular formula is C18H22N2O5S. The lowest BCUT2D eigenvalue weighted by molar-refractivity contribution is 0.0597. The van der Waals surface area contributed by atoms with Gasteiger partial charge in [-0.15, -0.1) is 0 Å². The lowest BCUT2D eigenvalue weighted by Crippen LogP contribution is -2.48. The van der Waals surface area contributed by atoms with Gasteiger partial charge in [0.2, 0.25) is 0 Å². The minimum Gasteiger partial charge on any atom is -0.496 e. The molecule has 0 aliphatic carbocycles. The third-order valence-electron chi connectivity index (χ3n) is 4.28. The fourth-order valence-electron chi connectivity index (χ4n) is 3.14. The van der Waals surface area contributed by atoms with Gasteiger partial charge in [0.25, 0.3) is 5.91 Å². The highest BCUT2D eigenvalue weighted by Gasteiger charge is 2.32. The highest BCUT2D eigenvalue weighted by molar-refractivity contribution is 7.89. The zero-order valence-electron chi connectivity index (χ0n) is 14.8. The van der Waals surface area contributed by atoms with E-state index in [1.807, 2.05) is 24.3 Å². The second-order valence-corrected chi connectivity index (χ2v) is 8.44. The van der Waals surface area contributed by atoms with Crippen molar-refractivity contribution >= 4 is 15.7 Å². The van der Waals surface area contributed by atoms with Crippen LogP contribution in [0.1, 0.15) is 27.9 Å². The van der Waals surface area contributed by atoms with Crippen LogP contribution in [-0.4, -0.2) is 52.2 Å². The summed E-state index contributed by atoms with van der Waals surface area (Å²) in [6.07, 6.45) is 1.13. The monoisotopic (exact) mass is 378 g/mol. The number of para-hydroxylation sites is 1. The van der Waals surface area contributed by atoms with Crippen molar-refractivity contribution in [3.8, 4) is 5.75 Å². The summed E-state index contributed by atoms with van der Waals surface area (Å²) in [7, 11) is -1.62. The molecular weight excluding hydrogens is 356 g/mol. The van der Waals surface area contributed by atoms with Gasteiger partial charge in [-0.05, 0) is 18.2 Å². The first kappa shape index (κ1) is 18.5. The van der Waals surface area contributed by atoms with E-state index in [-0.39, 0.29) is 29.2 Å². The second-order valence-electron chi connectivity index (χ2n) is 6.30. The predicted molar refractivity (Wildman–Crippen MR) is 96.9 cm³/mol. The van der Waals surface area contributed by atoms with Gasteiger partial charge in [0, 0.05) is 31.5 Å². The van der Waals surface area contributed by atoms with E-state index in [9.17, 15) is 13.2 Å². The number of nitrogens with one attached hydrogen (secondary N) is 1. The SMILES string of the molecule is COc1ccccc1C1CNCCN1C(=O)c1ccc(CS(C)(=O)=O)o1. The molecule has 2 heterocycles. The Morgan fingerprint density at radius 2 is 2.08 bits per heavy atom. The first-order valence-corrected chi connectivity index (χ1v) is 10.4. The number of benzene rings is 1. The van der Waals surface area contributed by atoms with Gasteiger partial charge in [-0.3, -0.25) is 4.79 Å². The van der Waals surface area contributed by atoms with E-state index in [2.05, 4.69) is 5.32 Å². The van der Waals surface area contributed by atoms with E-state index >= 15 is 0 Å². The number of sulfone groups is 1. The molecule has 1 unspecified atom stereocenters. The minimum absolute atomic E-state index is 0.144. The number of rotatable bonds is 5. The van der Waals surface area contributed by atoms with Crippen LogP contribution >= 0.6 is 0 Å². The molecule has 1 aliphatic rings. The van der Waals surface area contributed by atoms with Crippen molar-refractivity contribution in [3.05, 3.63) is 53.5 Å². The summed E-state index contributed by atoms with van der Waals surface area (Å²) in [5.41, 5.74) is 0.915. The Labute approximate surface area is 152 Å². The lowest BCUT2D eigenvalue weighted by atomic mass is 10.0. The maximum atomic E-state index is 13.0. The fraction of sp³-hybridized carbons (Fsp3) is 0.389. The number of carbonyl (C=O) groups excluding carboxylic acids is 1. The summed E-state index contributed by atoms with van der Waals surface area (Å²) in [5, 5.41) is 3.30. The molecule has 8 heteroatoms. The van der Waals surface area contributed by atoms with Crippen molar-refractivity contribution in [2.45, 2.75) is 11.8 Å². The van der Waals surface area contributed by atoms with Crippen molar-refractivity contribution in [1.82, 2.24) is 10.2 Å². The van der Waals surface area contributed by atoms with Crippen molar-refractivity contribution in [1.29, 1.82) is 0 Å². The normalized spacial score (nSPS) is 17.9. The molecule has 1 amide bonds. The third kappa shape index (κ3) is 4.08. The topological polar surface area (TPSA) is 88.9 Å². The molecule has 1 aromatic carbocycles. The predicted octanol–water partition coefficient (Wildman–Crippen LogP) is 1.62. The van der Waals surface area contributed by atoms with Gasteiger partial charge in [-0.1, -0.05) is 18.2 Å². The smallest absolute Gasteiger partial charge is 0.290 e. The molecule has 0 radical (unpaired) electrons. The zero-order valence-corrected chi connectivity index (χ0v) is 15.6. The number of hydrogen-bond acceptors (Lipinski definition) is 6. The van der Waals surface area contributed by atoms with Gasteiger partial charge in [-0.25, -0.2) is 8.42 Å². The zero-order chi connectivity index (χ0) is 18.7. The van der Waals surface area contributed by atoms with Crippen LogP contribution in [0.3, 0.4) is 0 Å². The van der Waals surface area contributed by atoms with Gasteiger partial charge in [-0.2, -0.15) is 0 Å². The van der Waals surface area contributed by atoms with Crippen LogP contribution in [0, 0.1) is 0 Å². The standard InChI is InChI=1S/C18H22N2O5S/c1-24-16-6-4-3-5-14(16)15-11-19-9-10-20(15)18(21)17-8-7-13(25-17)12-26(2,22)23/h3-8,15,19H,9-12H2,1-2H3. The third-order valence-corrected chi connectivity index (χ3v) is 5.09. The van der Waals surface area contributed by atoms with Gasteiger partial charge >= 0.3 is 0 Å². The van der Waals surface area contributed by atoms with Crippen LogP contribution in [0.2, 0.25) is 0 Å². The molecule has 1 N–H and O–H groups in total. The molecule has 0 spiro atoms. The average Bonchev–Trinajstić information content (AvgIpc) is 3.07. The van der Waals surface area contributed by atoms with Crippen LogP contribution in [0.5, 0.6) is 5.75 Å². The summed E-state index contributed by atoms with van der Waals surface area (Å²) >= 11 is 0. The molecule has 26 heavy (non-hydrogen) atoms. The first-order valence-electron chi connectivity index (χ1n) is 8.30. The molecule has 140 valence electrons. The number of amides is 1. The van der Waals surface area contributed by atoms with Crippen molar-refractivity contribution < 1.29 is 22.4 Å². The number of methoxy groups -OCH3 is 1. The van der Waals surface area contributed by atoms with Gasteiger partial charge < -0.3 is 19.4 Å². The van der Waals surface area contributed by atoms with Crippen LogP contribution in [0.15, 0.2) is 40.8 Å². The van der Waals surface area contributed by atoms with Crippen LogP contribution < -0.4 is 10.1 Å². The molecule has 2 aromatic rings. The van der Waals surface area contributed by atoms with E-state index in [1.165, 1.54) is 12.1 Å². The molecule has 0 bridgehead atoms. The molecule has 1 aliphatic heterocycles. The largest absolute Gasteiger partial charge is 0.496 e. The molecule has 1 aromatic heterocycles. The summed E-state index contributed by atoms with van der Waals surface area (Å²) in [5.74, 6) is 0.640. The molecule has 1 atom stereocenters. The van der Waals surface area contributed by atoms with Crippen molar-refractivity contribution in [2.75, 3.05) is 33.0 Å². The highest BCUT2D eigenvalue weighted by Crippen LogP contribution is 2.31. The number of piperazine rings is 1. The van der Waals surface area contributed by atoms with Crippen molar-refractivity contribution in [2.24, 2.45) is 0 Å². The number of nitrogens with zero attached hydrogens (tertiary/aromatic N) is 1. The molecule has 1 fully saturated rings. The lowest BCUT2D eigenvalue weighted by Gasteiger charge is -2.36. The number of furan rings is 1. The maximum absolute atomic E-state index is 13.0. The summed E-state index contributed by atoms with van der Waals surface area (Å²) in [6.45, 7) is 1.79. The van der Waals surface area contributed by atoms with E-state index in [0.29, 0.717) is 19.6 Å². The average molecular weight is 378 g/mol. The Hall–Kier alpha value is -2.32. The first-order chi connectivity index (χ1) is 12.4. The van der Waals surface area contributed by atoms with Gasteiger partial charge in [0.1, 0.15) is 17.3 Å². The maximum Gasteiger partial charge on any atom is 0.290 e. The van der Waals surface area contributed by atoms with Crippen LogP contribution in [0.4, 0.5) is 0 Å². The summed E-state index contributed by atoms with van der Waals surface area (Å²) in [6, 6.07) is 10.5. The van der Waals surface area contributed by atoms with Crippen LogP contribution in [0.25, 0.3) is 0 Å². The van der Waals surface area contributed by atoms with Gasteiger partial charge in [0.15, 0.2) is 15.6 Å². The summed E-state index contributed by atoms with van der Waals surface area (Å²) < 4.78 is 33.8. The molecule has 1 saturated heterocycles. The Bertz CT molecular complexity index is 890. The van der Waals surface area contributed by atoms with E-state index in [1.54, 1.807) is 12.0 Å². The number of hydrogen-bond donors (Lipinski definition) is 1. The minimum atomic E-state index is -3.22. The van der Waals surface area contributed by atoms with E-state index < -0.39 is 9.84 Å². The Kier molecular flexibility index (Phi) is 5.33. The van der Waals surface area contributed by atoms with E-state index in [0.717, 1.165) is 17.6 Å². The number of carbonyl (C=O) groups is 1. The molecule has 0 saturated carbocycles. The Morgan fingerprint density at radius 1 is 1.31 bits per heavy atom. The fourth-order valence-corrected chi connectivity index (χ4v) is 3.81. The van der Waals surface area contributed by atoms with E-state index in [4.69, 9.17) is 9.15 Å². The van der Waals surface area contributed by atoms with Gasteiger partial charge in [0.05, 0.1) is 13.2 Å². The highest BCUT2D eigenvalue weighted by atomic mass is 32.2. The Morgan fingerprint density at radius 3 is 2.81 bits per heavy atom. The second kappa shape index (κ2) is 7.51. The molecule has 3 rings (SSSR count). The quantitative estimate of drug-likeness (QED) is 0.851. The molecule has 7 nitrogen and oxygen atoms in total. The number of ether oxygens (including phenoxy) is 1. The van der Waals surface area contributed by atoms with Crippen LogP contribution in [-0.2, 0) is 15.6 Å². The van der Waals surface area contributed by atoms with Crippen molar-refractivity contribution in [3.63, 3.8) is 0 Å². The summed E-state index contributed by atoms with van der Waals surface area (Å²) in [4.78, 5) is 14.7.